The third kappa shape index (κ3) is 2.80. The van der Waals surface area contributed by atoms with Gasteiger partial charge >= 0.3 is 5.97 Å². The van der Waals surface area contributed by atoms with Crippen LogP contribution in [0.15, 0.2) is 16.6 Å². The largest absolute Gasteiger partial charge is 0.465 e. The molecule has 1 atom stereocenters. The van der Waals surface area contributed by atoms with Crippen LogP contribution in [0.2, 0.25) is 5.15 Å². The Morgan fingerprint density at radius 3 is 3.00 bits per heavy atom. The fraction of sp³-hybridized carbons (Fsp3) is 0.400. The number of thiazole rings is 1. The zero-order valence-corrected chi connectivity index (χ0v) is 13.0. The molecule has 0 spiro atoms. The first-order chi connectivity index (χ1) is 9.36. The van der Waals surface area contributed by atoms with Crippen LogP contribution in [-0.4, -0.2) is 36.4 Å². The molecule has 0 radical (unpaired) electrons. The molecule has 0 bridgehead atoms. The lowest BCUT2D eigenvalue weighted by Crippen LogP contribution is -2.40. The van der Waals surface area contributed by atoms with Crippen LogP contribution in [0, 0.1) is 0 Å². The minimum Gasteiger partial charge on any atom is -0.465 e. The van der Waals surface area contributed by atoms with Crippen LogP contribution >= 0.6 is 22.9 Å². The van der Waals surface area contributed by atoms with Crippen LogP contribution in [0.3, 0.4) is 0 Å². The minimum atomic E-state index is -3.98. The Morgan fingerprint density at radius 1 is 1.65 bits per heavy atom. The maximum absolute atomic E-state index is 12.3. The predicted molar refractivity (Wildman–Crippen MR) is 74.5 cm³/mol. The smallest absolute Gasteiger partial charge is 0.323 e. The van der Waals surface area contributed by atoms with Crippen LogP contribution in [0.4, 0.5) is 0 Å². The molecule has 0 aromatic carbocycles. The van der Waals surface area contributed by atoms with Crippen molar-refractivity contribution < 1.29 is 17.9 Å². The Kier molecular flexibility index (Phi) is 4.33. The van der Waals surface area contributed by atoms with Crippen LogP contribution in [0.25, 0.3) is 4.96 Å². The van der Waals surface area contributed by atoms with E-state index in [0.29, 0.717) is 4.96 Å². The van der Waals surface area contributed by atoms with E-state index in [1.807, 2.05) is 0 Å². The number of nitrogens with one attached hydrogen (secondary N) is 1. The summed E-state index contributed by atoms with van der Waals surface area (Å²) in [5.74, 6) is -0.654. The maximum atomic E-state index is 12.3. The Labute approximate surface area is 124 Å². The second kappa shape index (κ2) is 5.68. The molecule has 0 aliphatic carbocycles. The van der Waals surface area contributed by atoms with E-state index in [1.165, 1.54) is 22.7 Å². The Morgan fingerprint density at radius 2 is 2.35 bits per heavy atom. The van der Waals surface area contributed by atoms with Gasteiger partial charge in [-0.05, 0) is 13.8 Å². The summed E-state index contributed by atoms with van der Waals surface area (Å²) >= 11 is 7.11. The average Bonchev–Trinajstić information content (AvgIpc) is 2.87. The van der Waals surface area contributed by atoms with Gasteiger partial charge in [0.15, 0.2) is 15.1 Å². The van der Waals surface area contributed by atoms with Crippen molar-refractivity contribution >= 4 is 43.9 Å². The monoisotopic (exact) mass is 337 g/mol. The number of ether oxygens (including phenoxy) is 1. The fourth-order valence-electron chi connectivity index (χ4n) is 1.58. The Hall–Kier alpha value is -1.16. The van der Waals surface area contributed by atoms with Crippen molar-refractivity contribution in [2.45, 2.75) is 24.9 Å². The molecule has 0 saturated heterocycles. The van der Waals surface area contributed by atoms with Crippen molar-refractivity contribution in [1.29, 1.82) is 0 Å². The number of carbonyl (C=O) groups excluding carboxylic acids is 1. The molecule has 7 nitrogen and oxygen atoms in total. The average molecular weight is 338 g/mol. The number of hydrogen-bond acceptors (Lipinski definition) is 6. The van der Waals surface area contributed by atoms with Crippen molar-refractivity contribution in [2.75, 3.05) is 6.61 Å². The van der Waals surface area contributed by atoms with Crippen LogP contribution in [0.5, 0.6) is 0 Å². The molecule has 2 heterocycles. The topological polar surface area (TPSA) is 89.8 Å². The highest BCUT2D eigenvalue weighted by Gasteiger charge is 2.29. The normalized spacial score (nSPS) is 13.6. The van der Waals surface area contributed by atoms with E-state index >= 15 is 0 Å². The highest BCUT2D eigenvalue weighted by atomic mass is 35.5. The van der Waals surface area contributed by atoms with E-state index in [4.69, 9.17) is 16.3 Å². The SMILES string of the molecule is CCOC(=O)C(C)NS(=O)(=O)c1c(Cl)nc2sccn12. The molecule has 20 heavy (non-hydrogen) atoms. The summed E-state index contributed by atoms with van der Waals surface area (Å²) in [5, 5.41) is 1.36. The van der Waals surface area contributed by atoms with Crippen molar-refractivity contribution in [1.82, 2.24) is 14.1 Å². The van der Waals surface area contributed by atoms with Gasteiger partial charge in [0.1, 0.15) is 6.04 Å². The molecule has 0 fully saturated rings. The van der Waals surface area contributed by atoms with Gasteiger partial charge in [-0.25, -0.2) is 13.4 Å². The van der Waals surface area contributed by atoms with Gasteiger partial charge < -0.3 is 4.74 Å². The molecule has 2 aromatic rings. The molecular formula is C10H12ClN3O4S2. The molecule has 2 rings (SSSR count). The first-order valence-electron chi connectivity index (χ1n) is 5.67. The van der Waals surface area contributed by atoms with E-state index in [0.717, 1.165) is 0 Å². The van der Waals surface area contributed by atoms with Crippen LogP contribution in [0.1, 0.15) is 13.8 Å². The van der Waals surface area contributed by atoms with E-state index in [2.05, 4.69) is 9.71 Å². The van der Waals surface area contributed by atoms with Crippen molar-refractivity contribution in [3.63, 3.8) is 0 Å². The van der Waals surface area contributed by atoms with Crippen molar-refractivity contribution in [2.24, 2.45) is 0 Å². The molecule has 0 aliphatic rings. The van der Waals surface area contributed by atoms with E-state index < -0.39 is 22.0 Å². The van der Waals surface area contributed by atoms with Gasteiger partial charge in [-0.3, -0.25) is 9.20 Å². The quantitative estimate of drug-likeness (QED) is 0.830. The Balaban J connectivity index is 2.33. The number of halogens is 1. The van der Waals surface area contributed by atoms with Gasteiger partial charge in [-0.15, -0.1) is 11.3 Å². The molecule has 0 aliphatic heterocycles. The van der Waals surface area contributed by atoms with Gasteiger partial charge in [0, 0.05) is 11.6 Å². The third-order valence-corrected chi connectivity index (χ3v) is 5.10. The predicted octanol–water partition coefficient (Wildman–Crippen LogP) is 1.28. The van der Waals surface area contributed by atoms with Crippen molar-refractivity contribution in [3.05, 3.63) is 16.7 Å². The van der Waals surface area contributed by atoms with Gasteiger partial charge in [-0.2, -0.15) is 4.72 Å². The van der Waals surface area contributed by atoms with Gasteiger partial charge in [0.25, 0.3) is 10.0 Å². The summed E-state index contributed by atoms with van der Waals surface area (Å²) in [7, 11) is -3.98. The van der Waals surface area contributed by atoms with Gasteiger partial charge in [0.05, 0.1) is 6.61 Å². The molecule has 0 amide bonds. The maximum Gasteiger partial charge on any atom is 0.323 e. The number of esters is 1. The summed E-state index contributed by atoms with van der Waals surface area (Å²) in [6.07, 6.45) is 1.54. The lowest BCUT2D eigenvalue weighted by molar-refractivity contribution is -0.144. The number of nitrogens with zero attached hydrogens (tertiary/aromatic N) is 2. The molecule has 2 aromatic heterocycles. The number of hydrogen-bond donors (Lipinski definition) is 1. The summed E-state index contributed by atoms with van der Waals surface area (Å²) in [4.78, 5) is 15.9. The molecule has 0 saturated carbocycles. The molecule has 10 heteroatoms. The molecular weight excluding hydrogens is 326 g/mol. The van der Waals surface area contributed by atoms with Gasteiger partial charge in [-0.1, -0.05) is 11.6 Å². The highest BCUT2D eigenvalue weighted by molar-refractivity contribution is 7.89. The Bertz CT molecular complexity index is 737. The number of rotatable bonds is 5. The first kappa shape index (κ1) is 15.2. The zero-order chi connectivity index (χ0) is 14.9. The van der Waals surface area contributed by atoms with Crippen molar-refractivity contribution in [3.8, 4) is 0 Å². The summed E-state index contributed by atoms with van der Waals surface area (Å²) in [5.41, 5.74) is 0. The lowest BCUT2D eigenvalue weighted by atomic mass is 10.4. The highest BCUT2D eigenvalue weighted by Crippen LogP contribution is 2.25. The number of sulfonamides is 1. The first-order valence-corrected chi connectivity index (χ1v) is 8.41. The molecule has 1 N–H and O–H groups in total. The van der Waals surface area contributed by atoms with Crippen LogP contribution in [-0.2, 0) is 19.6 Å². The van der Waals surface area contributed by atoms with E-state index in [1.54, 1.807) is 18.5 Å². The standard InChI is InChI=1S/C10H12ClN3O4S2/c1-3-18-9(15)6(2)13-20(16,17)8-7(11)12-10-14(8)4-5-19-10/h4-6,13H,3H2,1-2H3. The number of fused-ring (bicyclic) bond motifs is 1. The summed E-state index contributed by atoms with van der Waals surface area (Å²) in [6.45, 7) is 3.21. The zero-order valence-electron chi connectivity index (χ0n) is 10.7. The lowest BCUT2D eigenvalue weighted by Gasteiger charge is -2.12. The van der Waals surface area contributed by atoms with Gasteiger partial charge in [0.2, 0.25) is 0 Å². The second-order valence-electron chi connectivity index (χ2n) is 3.86. The van der Waals surface area contributed by atoms with E-state index in [9.17, 15) is 13.2 Å². The van der Waals surface area contributed by atoms with Crippen LogP contribution < -0.4 is 4.72 Å². The number of aromatic nitrogens is 2. The second-order valence-corrected chi connectivity index (χ2v) is 6.72. The fourth-order valence-corrected chi connectivity index (χ4v) is 4.23. The minimum absolute atomic E-state index is 0.139. The molecule has 110 valence electrons. The number of imidazole rings is 1. The third-order valence-electron chi connectivity index (χ3n) is 2.41. The summed E-state index contributed by atoms with van der Waals surface area (Å²) in [6, 6.07) is -1.01. The molecule has 1 unspecified atom stereocenters. The number of carbonyl (C=O) groups is 1. The summed E-state index contributed by atoms with van der Waals surface area (Å²) < 4.78 is 32.9. The van der Waals surface area contributed by atoms with E-state index in [-0.39, 0.29) is 16.8 Å².